The number of hydrogen-bond acceptors (Lipinski definition) is 4. The minimum atomic E-state index is -0.113. The quantitative estimate of drug-likeness (QED) is 0.843. The van der Waals surface area contributed by atoms with Crippen molar-refractivity contribution in [2.45, 2.75) is 6.54 Å². The summed E-state index contributed by atoms with van der Waals surface area (Å²) in [6, 6.07) is 12.5. The van der Waals surface area contributed by atoms with Crippen molar-refractivity contribution in [3.8, 4) is 17.2 Å². The Morgan fingerprint density at radius 1 is 1.17 bits per heavy atom. The number of benzene rings is 2. The van der Waals surface area contributed by atoms with Gasteiger partial charge >= 0.3 is 0 Å². The first kappa shape index (κ1) is 15.5. The summed E-state index contributed by atoms with van der Waals surface area (Å²) in [5.41, 5.74) is 0.969. The molecule has 0 unspecified atom stereocenters. The topological polar surface area (TPSA) is 48.0 Å². The first-order chi connectivity index (χ1) is 11.1. The van der Waals surface area contributed by atoms with Crippen LogP contribution >= 0.6 is 11.6 Å². The number of rotatable bonds is 5. The fourth-order valence-corrected chi connectivity index (χ4v) is 2.31. The molecule has 1 heterocycles. The van der Waals surface area contributed by atoms with Gasteiger partial charge in [0.1, 0.15) is 5.75 Å². The molecular formula is C17H16ClNO4. The second kappa shape index (κ2) is 6.79. The summed E-state index contributed by atoms with van der Waals surface area (Å²) in [6.07, 6.45) is 0. The number of hydrogen-bond donors (Lipinski definition) is 0. The van der Waals surface area contributed by atoms with Crippen LogP contribution in [0.1, 0.15) is 5.56 Å². The molecule has 1 aliphatic heterocycles. The fourth-order valence-electron chi connectivity index (χ4n) is 2.19. The zero-order valence-corrected chi connectivity index (χ0v) is 13.4. The number of carbonyl (C=O) groups excluding carboxylic acids is 1. The lowest BCUT2D eigenvalue weighted by Crippen LogP contribution is -2.30. The number of carbonyl (C=O) groups is 1. The SMILES string of the molecule is CN(Cc1ccc2c(c1)OCO2)C(=O)COc1ccc(Cl)cc1. The maximum atomic E-state index is 12.1. The number of fused-ring (bicyclic) bond motifs is 1. The van der Waals surface area contributed by atoms with Crippen molar-refractivity contribution in [3.05, 3.63) is 53.1 Å². The highest BCUT2D eigenvalue weighted by Gasteiger charge is 2.15. The average Bonchev–Trinajstić information content (AvgIpc) is 3.01. The zero-order chi connectivity index (χ0) is 16.2. The summed E-state index contributed by atoms with van der Waals surface area (Å²) in [4.78, 5) is 13.7. The number of nitrogens with zero attached hydrogens (tertiary/aromatic N) is 1. The molecule has 0 aromatic heterocycles. The lowest BCUT2D eigenvalue weighted by Gasteiger charge is -2.17. The van der Waals surface area contributed by atoms with Gasteiger partial charge in [0.15, 0.2) is 18.1 Å². The van der Waals surface area contributed by atoms with Crippen molar-refractivity contribution in [1.29, 1.82) is 0 Å². The molecule has 0 radical (unpaired) electrons. The van der Waals surface area contributed by atoms with Gasteiger partial charge in [-0.25, -0.2) is 0 Å². The van der Waals surface area contributed by atoms with Gasteiger partial charge < -0.3 is 19.1 Å². The van der Waals surface area contributed by atoms with E-state index in [9.17, 15) is 4.79 Å². The van der Waals surface area contributed by atoms with Crippen LogP contribution in [0, 0.1) is 0 Å². The standard InChI is InChI=1S/C17H16ClNO4/c1-19(9-12-2-7-15-16(8-12)23-11-22-15)17(20)10-21-14-5-3-13(18)4-6-14/h2-8H,9-11H2,1H3. The number of ether oxygens (including phenoxy) is 3. The van der Waals surface area contributed by atoms with Crippen molar-refractivity contribution >= 4 is 17.5 Å². The molecule has 2 aromatic carbocycles. The van der Waals surface area contributed by atoms with Gasteiger partial charge in [0.25, 0.3) is 5.91 Å². The van der Waals surface area contributed by atoms with E-state index in [1.807, 2.05) is 18.2 Å². The van der Waals surface area contributed by atoms with Crippen molar-refractivity contribution in [2.24, 2.45) is 0 Å². The summed E-state index contributed by atoms with van der Waals surface area (Å²) in [7, 11) is 1.73. The molecular weight excluding hydrogens is 318 g/mol. The van der Waals surface area contributed by atoms with Crippen LogP contribution in [0.5, 0.6) is 17.2 Å². The minimum Gasteiger partial charge on any atom is -0.484 e. The second-order valence-electron chi connectivity index (χ2n) is 5.18. The monoisotopic (exact) mass is 333 g/mol. The van der Waals surface area contributed by atoms with Crippen LogP contribution in [0.3, 0.4) is 0 Å². The summed E-state index contributed by atoms with van der Waals surface area (Å²) in [5.74, 6) is 1.94. The van der Waals surface area contributed by atoms with Gasteiger partial charge in [0.2, 0.25) is 6.79 Å². The van der Waals surface area contributed by atoms with Crippen LogP contribution in [0.15, 0.2) is 42.5 Å². The van der Waals surface area contributed by atoms with E-state index < -0.39 is 0 Å². The van der Waals surface area contributed by atoms with Crippen LogP contribution in [0.2, 0.25) is 5.02 Å². The van der Waals surface area contributed by atoms with Gasteiger partial charge in [-0.05, 0) is 42.0 Å². The number of likely N-dealkylation sites (N-methyl/N-ethyl adjacent to an activating group) is 1. The summed E-state index contributed by atoms with van der Waals surface area (Å²) in [5, 5.41) is 0.628. The molecule has 0 spiro atoms. The Morgan fingerprint density at radius 3 is 2.70 bits per heavy atom. The van der Waals surface area contributed by atoms with E-state index in [1.54, 1.807) is 36.2 Å². The van der Waals surface area contributed by atoms with Crippen LogP contribution < -0.4 is 14.2 Å². The second-order valence-corrected chi connectivity index (χ2v) is 5.62. The Balaban J connectivity index is 1.54. The van der Waals surface area contributed by atoms with Gasteiger partial charge in [0, 0.05) is 18.6 Å². The molecule has 3 rings (SSSR count). The lowest BCUT2D eigenvalue weighted by atomic mass is 10.2. The summed E-state index contributed by atoms with van der Waals surface area (Å²) < 4.78 is 16.1. The lowest BCUT2D eigenvalue weighted by molar-refractivity contribution is -0.132. The van der Waals surface area contributed by atoms with Crippen LogP contribution in [-0.4, -0.2) is 31.3 Å². The van der Waals surface area contributed by atoms with E-state index >= 15 is 0 Å². The fraction of sp³-hybridized carbons (Fsp3) is 0.235. The normalized spacial score (nSPS) is 12.1. The van der Waals surface area contributed by atoms with E-state index in [0.717, 1.165) is 11.3 Å². The van der Waals surface area contributed by atoms with E-state index in [1.165, 1.54) is 0 Å². The molecule has 2 aromatic rings. The van der Waals surface area contributed by atoms with Gasteiger partial charge in [-0.15, -0.1) is 0 Å². The molecule has 1 amide bonds. The maximum absolute atomic E-state index is 12.1. The van der Waals surface area contributed by atoms with E-state index in [2.05, 4.69) is 0 Å². The smallest absolute Gasteiger partial charge is 0.260 e. The van der Waals surface area contributed by atoms with E-state index in [4.69, 9.17) is 25.8 Å². The third-order valence-corrected chi connectivity index (χ3v) is 3.71. The number of halogens is 1. The van der Waals surface area contributed by atoms with Crippen LogP contribution in [-0.2, 0) is 11.3 Å². The van der Waals surface area contributed by atoms with E-state index in [0.29, 0.717) is 23.1 Å². The van der Waals surface area contributed by atoms with E-state index in [-0.39, 0.29) is 19.3 Å². The van der Waals surface area contributed by atoms with Crippen molar-refractivity contribution in [2.75, 3.05) is 20.4 Å². The largest absolute Gasteiger partial charge is 0.484 e. The highest BCUT2D eigenvalue weighted by Crippen LogP contribution is 2.32. The van der Waals surface area contributed by atoms with Gasteiger partial charge in [0.05, 0.1) is 0 Å². The van der Waals surface area contributed by atoms with Crippen molar-refractivity contribution < 1.29 is 19.0 Å². The average molecular weight is 334 g/mol. The molecule has 0 saturated carbocycles. The zero-order valence-electron chi connectivity index (χ0n) is 12.6. The first-order valence-corrected chi connectivity index (χ1v) is 7.50. The molecule has 5 nitrogen and oxygen atoms in total. The maximum Gasteiger partial charge on any atom is 0.260 e. The minimum absolute atomic E-state index is 0.0251. The molecule has 0 fully saturated rings. The summed E-state index contributed by atoms with van der Waals surface area (Å²) >= 11 is 5.81. The molecule has 120 valence electrons. The predicted octanol–water partition coefficient (Wildman–Crippen LogP) is 3.11. The molecule has 0 bridgehead atoms. The third kappa shape index (κ3) is 3.87. The molecule has 23 heavy (non-hydrogen) atoms. The Bertz CT molecular complexity index is 702. The Hall–Kier alpha value is -2.40. The summed E-state index contributed by atoms with van der Waals surface area (Å²) in [6.45, 7) is 0.685. The van der Waals surface area contributed by atoms with Gasteiger partial charge in [-0.1, -0.05) is 17.7 Å². The molecule has 1 aliphatic rings. The first-order valence-electron chi connectivity index (χ1n) is 7.13. The molecule has 0 saturated heterocycles. The molecule has 0 aliphatic carbocycles. The van der Waals surface area contributed by atoms with Crippen LogP contribution in [0.4, 0.5) is 0 Å². The molecule has 6 heteroatoms. The highest BCUT2D eigenvalue weighted by atomic mass is 35.5. The van der Waals surface area contributed by atoms with Crippen molar-refractivity contribution in [3.63, 3.8) is 0 Å². The predicted molar refractivity (Wildman–Crippen MR) is 86.0 cm³/mol. The molecule has 0 atom stereocenters. The molecule has 0 N–H and O–H groups in total. The van der Waals surface area contributed by atoms with Crippen LogP contribution in [0.25, 0.3) is 0 Å². The van der Waals surface area contributed by atoms with Gasteiger partial charge in [-0.3, -0.25) is 4.79 Å². The Kier molecular flexibility index (Phi) is 4.57. The number of amides is 1. The van der Waals surface area contributed by atoms with Gasteiger partial charge in [-0.2, -0.15) is 0 Å². The highest BCUT2D eigenvalue weighted by molar-refractivity contribution is 6.30. The van der Waals surface area contributed by atoms with Crippen molar-refractivity contribution in [1.82, 2.24) is 4.90 Å². The Morgan fingerprint density at radius 2 is 1.91 bits per heavy atom. The Labute approximate surface area is 139 Å². The third-order valence-electron chi connectivity index (χ3n) is 3.46.